The molecule has 1 unspecified atom stereocenters. The Hall–Kier alpha value is -0.820. The SMILES string of the molecule is CCNC(CCC(C)C)Cc1ccc(C(C)(C)C)cc1. The molecule has 1 N–H and O–H groups in total. The lowest BCUT2D eigenvalue weighted by molar-refractivity contribution is 0.434. The summed E-state index contributed by atoms with van der Waals surface area (Å²) in [7, 11) is 0. The molecule has 1 aromatic carbocycles. The average Bonchev–Trinajstić information content (AvgIpc) is 2.36. The van der Waals surface area contributed by atoms with Gasteiger partial charge in [-0.1, -0.05) is 65.8 Å². The van der Waals surface area contributed by atoms with Crippen molar-refractivity contribution in [2.45, 2.75) is 72.3 Å². The fraction of sp³-hybridized carbons (Fsp3) is 0.684. The van der Waals surface area contributed by atoms with E-state index < -0.39 is 0 Å². The number of hydrogen-bond donors (Lipinski definition) is 1. The van der Waals surface area contributed by atoms with Crippen molar-refractivity contribution >= 4 is 0 Å². The van der Waals surface area contributed by atoms with Crippen molar-refractivity contribution in [3.63, 3.8) is 0 Å². The van der Waals surface area contributed by atoms with Crippen molar-refractivity contribution in [2.75, 3.05) is 6.54 Å². The van der Waals surface area contributed by atoms with E-state index >= 15 is 0 Å². The van der Waals surface area contributed by atoms with Gasteiger partial charge in [0.05, 0.1) is 0 Å². The molecule has 0 saturated heterocycles. The Labute approximate surface area is 126 Å². The molecular formula is C19H33N. The maximum atomic E-state index is 3.63. The predicted molar refractivity (Wildman–Crippen MR) is 90.4 cm³/mol. The minimum atomic E-state index is 0.247. The summed E-state index contributed by atoms with van der Waals surface area (Å²) in [6, 6.07) is 9.81. The third-order valence-corrected chi connectivity index (χ3v) is 3.89. The van der Waals surface area contributed by atoms with Gasteiger partial charge in [-0.25, -0.2) is 0 Å². The fourth-order valence-corrected chi connectivity index (χ4v) is 2.52. The first-order valence-electron chi connectivity index (χ1n) is 8.15. The first kappa shape index (κ1) is 17.2. The second kappa shape index (κ2) is 7.83. The van der Waals surface area contributed by atoms with Crippen LogP contribution >= 0.6 is 0 Å². The molecule has 1 nitrogen and oxygen atoms in total. The summed E-state index contributed by atoms with van der Waals surface area (Å²) in [5.74, 6) is 0.791. The van der Waals surface area contributed by atoms with Crippen LogP contribution in [0.5, 0.6) is 0 Å². The lowest BCUT2D eigenvalue weighted by Gasteiger charge is -2.21. The standard InChI is InChI=1S/C19H33N/c1-7-20-18(13-8-15(2)3)14-16-9-11-17(12-10-16)19(4,5)6/h9-12,15,18,20H,7-8,13-14H2,1-6H3. The highest BCUT2D eigenvalue weighted by Gasteiger charge is 2.14. The van der Waals surface area contributed by atoms with Crippen molar-refractivity contribution in [2.24, 2.45) is 5.92 Å². The summed E-state index contributed by atoms with van der Waals surface area (Å²) in [6.45, 7) is 14.7. The van der Waals surface area contributed by atoms with Crippen LogP contribution in [0.3, 0.4) is 0 Å². The van der Waals surface area contributed by atoms with Gasteiger partial charge in [-0.2, -0.15) is 0 Å². The zero-order valence-corrected chi connectivity index (χ0v) is 14.3. The highest BCUT2D eigenvalue weighted by Crippen LogP contribution is 2.22. The number of hydrogen-bond acceptors (Lipinski definition) is 1. The molecule has 20 heavy (non-hydrogen) atoms. The van der Waals surface area contributed by atoms with Crippen LogP contribution in [0.25, 0.3) is 0 Å². The molecule has 1 atom stereocenters. The van der Waals surface area contributed by atoms with Crippen molar-refractivity contribution in [3.8, 4) is 0 Å². The molecule has 0 spiro atoms. The van der Waals surface area contributed by atoms with Gasteiger partial charge in [0.25, 0.3) is 0 Å². The summed E-state index contributed by atoms with van der Waals surface area (Å²) in [4.78, 5) is 0. The van der Waals surface area contributed by atoms with Crippen LogP contribution in [-0.2, 0) is 11.8 Å². The maximum absolute atomic E-state index is 3.63. The molecular weight excluding hydrogens is 242 g/mol. The van der Waals surface area contributed by atoms with Gasteiger partial charge < -0.3 is 5.32 Å². The summed E-state index contributed by atoms with van der Waals surface area (Å²) >= 11 is 0. The number of benzene rings is 1. The highest BCUT2D eigenvalue weighted by molar-refractivity contribution is 5.28. The second-order valence-corrected chi connectivity index (χ2v) is 7.38. The summed E-state index contributed by atoms with van der Waals surface area (Å²) in [5, 5.41) is 3.63. The van der Waals surface area contributed by atoms with E-state index in [2.05, 4.69) is 71.1 Å². The van der Waals surface area contributed by atoms with E-state index in [1.165, 1.54) is 24.0 Å². The molecule has 0 aliphatic heterocycles. The maximum Gasteiger partial charge on any atom is 0.0107 e. The third-order valence-electron chi connectivity index (χ3n) is 3.89. The van der Waals surface area contributed by atoms with Gasteiger partial charge in [0, 0.05) is 6.04 Å². The van der Waals surface area contributed by atoms with Gasteiger partial charge in [-0.3, -0.25) is 0 Å². The molecule has 0 bridgehead atoms. The molecule has 0 heterocycles. The van der Waals surface area contributed by atoms with E-state index in [0.29, 0.717) is 6.04 Å². The summed E-state index contributed by atoms with van der Waals surface area (Å²) in [5.41, 5.74) is 3.12. The van der Waals surface area contributed by atoms with Crippen LogP contribution in [0, 0.1) is 5.92 Å². The van der Waals surface area contributed by atoms with Gasteiger partial charge in [-0.05, 0) is 48.3 Å². The molecule has 0 radical (unpaired) electrons. The largest absolute Gasteiger partial charge is 0.314 e. The lowest BCUT2D eigenvalue weighted by Crippen LogP contribution is -2.31. The van der Waals surface area contributed by atoms with Gasteiger partial charge in [0.2, 0.25) is 0 Å². The Kier molecular flexibility index (Phi) is 6.75. The van der Waals surface area contributed by atoms with Gasteiger partial charge in [-0.15, -0.1) is 0 Å². The molecule has 1 heteroatoms. The van der Waals surface area contributed by atoms with Crippen LogP contribution in [0.2, 0.25) is 0 Å². The zero-order valence-electron chi connectivity index (χ0n) is 14.3. The lowest BCUT2D eigenvalue weighted by atomic mass is 9.86. The Morgan fingerprint density at radius 1 is 1.00 bits per heavy atom. The van der Waals surface area contributed by atoms with Gasteiger partial charge in [0.1, 0.15) is 0 Å². The molecule has 1 rings (SSSR count). The molecule has 0 amide bonds. The van der Waals surface area contributed by atoms with Gasteiger partial charge in [0.15, 0.2) is 0 Å². The number of likely N-dealkylation sites (N-methyl/N-ethyl adjacent to an activating group) is 1. The second-order valence-electron chi connectivity index (χ2n) is 7.38. The van der Waals surface area contributed by atoms with Crippen molar-refractivity contribution in [3.05, 3.63) is 35.4 Å². The van der Waals surface area contributed by atoms with Crippen molar-refractivity contribution < 1.29 is 0 Å². The molecule has 1 aromatic rings. The van der Waals surface area contributed by atoms with E-state index in [9.17, 15) is 0 Å². The van der Waals surface area contributed by atoms with Crippen LogP contribution in [-0.4, -0.2) is 12.6 Å². The first-order chi connectivity index (χ1) is 9.32. The minimum absolute atomic E-state index is 0.247. The molecule has 0 aliphatic carbocycles. The molecule has 0 fully saturated rings. The molecule has 0 aromatic heterocycles. The third kappa shape index (κ3) is 6.09. The van der Waals surface area contributed by atoms with Gasteiger partial charge >= 0.3 is 0 Å². The number of rotatable bonds is 7. The van der Waals surface area contributed by atoms with Crippen LogP contribution < -0.4 is 5.32 Å². The van der Waals surface area contributed by atoms with Crippen molar-refractivity contribution in [1.29, 1.82) is 0 Å². The Morgan fingerprint density at radius 2 is 1.60 bits per heavy atom. The Bertz CT molecular complexity index is 370. The minimum Gasteiger partial charge on any atom is -0.314 e. The van der Waals surface area contributed by atoms with E-state index in [1.54, 1.807) is 0 Å². The zero-order chi connectivity index (χ0) is 15.2. The van der Waals surface area contributed by atoms with E-state index in [-0.39, 0.29) is 5.41 Å². The molecule has 0 aliphatic rings. The monoisotopic (exact) mass is 275 g/mol. The predicted octanol–water partition coefficient (Wildman–Crippen LogP) is 4.94. The van der Waals surface area contributed by atoms with E-state index in [0.717, 1.165) is 18.9 Å². The normalized spacial score (nSPS) is 13.8. The topological polar surface area (TPSA) is 12.0 Å². The first-order valence-corrected chi connectivity index (χ1v) is 8.15. The van der Waals surface area contributed by atoms with Crippen molar-refractivity contribution in [1.82, 2.24) is 5.32 Å². The Balaban J connectivity index is 2.64. The van der Waals surface area contributed by atoms with E-state index in [1.807, 2.05) is 0 Å². The summed E-state index contributed by atoms with van der Waals surface area (Å²) < 4.78 is 0. The van der Waals surface area contributed by atoms with Crippen LogP contribution in [0.4, 0.5) is 0 Å². The smallest absolute Gasteiger partial charge is 0.0107 e. The summed E-state index contributed by atoms with van der Waals surface area (Å²) in [6.07, 6.45) is 3.72. The molecule has 0 saturated carbocycles. The molecule has 114 valence electrons. The van der Waals surface area contributed by atoms with E-state index in [4.69, 9.17) is 0 Å². The van der Waals surface area contributed by atoms with Crippen LogP contribution in [0.1, 0.15) is 65.5 Å². The van der Waals surface area contributed by atoms with Crippen LogP contribution in [0.15, 0.2) is 24.3 Å². The highest BCUT2D eigenvalue weighted by atomic mass is 14.9. The average molecular weight is 275 g/mol. The Morgan fingerprint density at radius 3 is 2.05 bits per heavy atom. The quantitative estimate of drug-likeness (QED) is 0.743. The number of nitrogens with one attached hydrogen (secondary N) is 1. The fourth-order valence-electron chi connectivity index (χ4n) is 2.52.